The van der Waals surface area contributed by atoms with E-state index in [0.717, 1.165) is 10.5 Å². The first kappa shape index (κ1) is 12.1. The van der Waals surface area contributed by atoms with Gasteiger partial charge in [0.1, 0.15) is 0 Å². The summed E-state index contributed by atoms with van der Waals surface area (Å²) in [6, 6.07) is 7.56. The largest absolute Gasteiger partial charge is 0.223 e. The Labute approximate surface area is 105 Å². The third-order valence-electron chi connectivity index (χ3n) is 2.24. The van der Waals surface area contributed by atoms with Crippen molar-refractivity contribution in [3.05, 3.63) is 47.4 Å². The van der Waals surface area contributed by atoms with Crippen molar-refractivity contribution in [2.45, 2.75) is 4.90 Å². The summed E-state index contributed by atoms with van der Waals surface area (Å²) in [6.07, 6.45) is 4.43. The highest BCUT2D eigenvalue weighted by atomic mass is 32.2. The van der Waals surface area contributed by atoms with Gasteiger partial charge in [0.2, 0.25) is 0 Å². The van der Waals surface area contributed by atoms with Gasteiger partial charge >= 0.3 is 0 Å². The molecule has 1 aromatic rings. The molecule has 0 aromatic heterocycles. The zero-order valence-corrected chi connectivity index (χ0v) is 10.7. The van der Waals surface area contributed by atoms with E-state index in [4.69, 9.17) is 0 Å². The van der Waals surface area contributed by atoms with Crippen molar-refractivity contribution in [3.8, 4) is 0 Å². The number of fused-ring (bicyclic) bond motifs is 1. The van der Waals surface area contributed by atoms with Crippen molar-refractivity contribution < 1.29 is 8.42 Å². The first-order valence-corrected chi connectivity index (χ1v) is 7.41. The van der Waals surface area contributed by atoms with Gasteiger partial charge < -0.3 is 0 Å². The molecule has 0 amide bonds. The molecule has 0 aliphatic carbocycles. The molecule has 0 saturated heterocycles. The van der Waals surface area contributed by atoms with Crippen LogP contribution in [0, 0.1) is 0 Å². The topological polar surface area (TPSA) is 46.5 Å². The first-order chi connectivity index (χ1) is 8.13. The van der Waals surface area contributed by atoms with E-state index in [9.17, 15) is 8.42 Å². The summed E-state index contributed by atoms with van der Waals surface area (Å²) in [5.41, 5.74) is 0.873. The van der Waals surface area contributed by atoms with Gasteiger partial charge in [0.15, 0.2) is 9.84 Å². The van der Waals surface area contributed by atoms with Crippen LogP contribution in [0.1, 0.15) is 5.56 Å². The van der Waals surface area contributed by atoms with E-state index in [-0.39, 0.29) is 10.7 Å². The van der Waals surface area contributed by atoms with Gasteiger partial charge in [-0.25, -0.2) is 12.8 Å². The van der Waals surface area contributed by atoms with Crippen LogP contribution < -0.4 is 0 Å². The molecule has 17 heavy (non-hydrogen) atoms. The van der Waals surface area contributed by atoms with Gasteiger partial charge in [-0.1, -0.05) is 24.3 Å². The summed E-state index contributed by atoms with van der Waals surface area (Å²) < 4.78 is 27.9. The van der Waals surface area contributed by atoms with Gasteiger partial charge in [0, 0.05) is 16.8 Å². The lowest BCUT2D eigenvalue weighted by atomic mass is 10.2. The third kappa shape index (κ3) is 2.68. The number of sulfone groups is 1. The summed E-state index contributed by atoms with van der Waals surface area (Å²) in [7, 11) is -3.32. The van der Waals surface area contributed by atoms with Crippen molar-refractivity contribution in [2.24, 2.45) is 4.40 Å². The molecular formula is C12H11NO2S2. The second-order valence-electron chi connectivity index (χ2n) is 3.48. The Bertz CT molecular complexity index is 601. The number of nitrogens with zero attached hydrogens (tertiary/aromatic N) is 1. The molecule has 0 radical (unpaired) electrons. The highest BCUT2D eigenvalue weighted by Gasteiger charge is 2.17. The van der Waals surface area contributed by atoms with Gasteiger partial charge in [-0.15, -0.1) is 6.58 Å². The smallest absolute Gasteiger partial charge is 0.183 e. The number of allylic oxidation sites excluding steroid dienone is 1. The minimum absolute atomic E-state index is 0.0717. The fourth-order valence-corrected chi connectivity index (χ4v) is 3.17. The number of benzene rings is 1. The van der Waals surface area contributed by atoms with Gasteiger partial charge in [-0.3, -0.25) is 0 Å². The second-order valence-corrected chi connectivity index (χ2v) is 6.35. The predicted octanol–water partition coefficient (Wildman–Crippen LogP) is 2.72. The summed E-state index contributed by atoms with van der Waals surface area (Å²) >= 11 is 1.27. The van der Waals surface area contributed by atoms with Crippen molar-refractivity contribution in [3.63, 3.8) is 0 Å². The van der Waals surface area contributed by atoms with E-state index in [1.807, 2.05) is 24.3 Å². The van der Waals surface area contributed by atoms with E-state index in [0.29, 0.717) is 0 Å². The van der Waals surface area contributed by atoms with Gasteiger partial charge in [0.05, 0.1) is 16.9 Å². The van der Waals surface area contributed by atoms with E-state index in [2.05, 4.69) is 11.0 Å². The van der Waals surface area contributed by atoms with Crippen molar-refractivity contribution >= 4 is 34.1 Å². The molecule has 1 heterocycles. The fraction of sp³-hybridized carbons (Fsp3) is 0.0833. The zero-order valence-electron chi connectivity index (χ0n) is 9.04. The lowest BCUT2D eigenvalue weighted by molar-refractivity contribution is 0.606. The molecule has 0 N–H and O–H groups in total. The molecule has 1 aliphatic rings. The summed E-state index contributed by atoms with van der Waals surface area (Å²) in [4.78, 5) is 1.18. The van der Waals surface area contributed by atoms with E-state index in [1.54, 1.807) is 6.08 Å². The Balaban J connectivity index is 2.51. The highest BCUT2D eigenvalue weighted by Crippen LogP contribution is 2.29. The highest BCUT2D eigenvalue weighted by molar-refractivity contribution is 7.99. The molecule has 5 heteroatoms. The summed E-state index contributed by atoms with van der Waals surface area (Å²) in [5, 5.41) is 0. The molecule has 0 atom stereocenters. The Hall–Kier alpha value is -1.33. The maximum Gasteiger partial charge on any atom is 0.183 e. The van der Waals surface area contributed by atoms with Crippen LogP contribution in [0.15, 0.2) is 51.1 Å². The minimum atomic E-state index is -3.32. The lowest BCUT2D eigenvalue weighted by Gasteiger charge is -2.01. The Kier molecular flexibility index (Phi) is 3.49. The van der Waals surface area contributed by atoms with Crippen molar-refractivity contribution in [1.82, 2.24) is 0 Å². The third-order valence-corrected chi connectivity index (χ3v) is 4.64. The second kappa shape index (κ2) is 4.89. The SMILES string of the molecule is C=CCS(=O)(=O)C1=Cc2ccccc2SN=C1. The summed E-state index contributed by atoms with van der Waals surface area (Å²) in [6.45, 7) is 3.45. The molecule has 0 saturated carbocycles. The van der Waals surface area contributed by atoms with Crippen molar-refractivity contribution in [1.29, 1.82) is 0 Å². The molecule has 88 valence electrons. The predicted molar refractivity (Wildman–Crippen MR) is 72.8 cm³/mol. The Morgan fingerprint density at radius 1 is 1.35 bits per heavy atom. The molecule has 0 fully saturated rings. The van der Waals surface area contributed by atoms with E-state index < -0.39 is 9.84 Å². The normalized spacial score (nSPS) is 14.7. The van der Waals surface area contributed by atoms with Crippen LogP contribution in [0.4, 0.5) is 0 Å². The molecule has 1 aliphatic heterocycles. The lowest BCUT2D eigenvalue weighted by Crippen LogP contribution is -2.08. The van der Waals surface area contributed by atoms with Crippen LogP contribution in [0.3, 0.4) is 0 Å². The fourth-order valence-electron chi connectivity index (χ4n) is 1.43. The zero-order chi connectivity index (χ0) is 12.3. The van der Waals surface area contributed by atoms with Crippen molar-refractivity contribution in [2.75, 3.05) is 5.75 Å². The quantitative estimate of drug-likeness (QED) is 0.623. The van der Waals surface area contributed by atoms with Gasteiger partial charge in [-0.05, 0) is 17.7 Å². The molecule has 1 aromatic carbocycles. The van der Waals surface area contributed by atoms with Crippen LogP contribution in [0.5, 0.6) is 0 Å². The van der Waals surface area contributed by atoms with Crippen LogP contribution >= 0.6 is 11.9 Å². The molecule has 2 rings (SSSR count). The van der Waals surface area contributed by atoms with Crippen LogP contribution in [0.25, 0.3) is 6.08 Å². The van der Waals surface area contributed by atoms with Crippen LogP contribution in [-0.2, 0) is 9.84 Å². The average molecular weight is 265 g/mol. The molecule has 3 nitrogen and oxygen atoms in total. The summed E-state index contributed by atoms with van der Waals surface area (Å²) in [5.74, 6) is -0.0717. The molecular weight excluding hydrogens is 254 g/mol. The number of rotatable bonds is 3. The average Bonchev–Trinajstić information content (AvgIpc) is 2.51. The van der Waals surface area contributed by atoms with Gasteiger partial charge in [-0.2, -0.15) is 0 Å². The monoisotopic (exact) mass is 265 g/mol. The van der Waals surface area contributed by atoms with Crippen LogP contribution in [-0.4, -0.2) is 20.4 Å². The molecule has 0 spiro atoms. The standard InChI is InChI=1S/C12H11NO2S2/c1-2-7-17(14,15)11-8-10-5-3-4-6-12(10)16-13-9-11/h2-6,8-9H,1,7H2. The maximum absolute atomic E-state index is 11.9. The van der Waals surface area contributed by atoms with E-state index >= 15 is 0 Å². The number of hydrogen-bond acceptors (Lipinski definition) is 4. The Morgan fingerprint density at radius 2 is 2.12 bits per heavy atom. The number of hydrogen-bond donors (Lipinski definition) is 0. The molecule has 0 unspecified atom stereocenters. The Morgan fingerprint density at radius 3 is 2.88 bits per heavy atom. The first-order valence-electron chi connectivity index (χ1n) is 4.98. The molecule has 0 bridgehead atoms. The van der Waals surface area contributed by atoms with Gasteiger partial charge in [0.25, 0.3) is 0 Å². The maximum atomic E-state index is 11.9. The van der Waals surface area contributed by atoms with Crippen LogP contribution in [0.2, 0.25) is 0 Å². The minimum Gasteiger partial charge on any atom is -0.223 e. The van der Waals surface area contributed by atoms with E-state index in [1.165, 1.54) is 24.2 Å².